The van der Waals surface area contributed by atoms with Crippen molar-refractivity contribution in [1.82, 2.24) is 0 Å². The van der Waals surface area contributed by atoms with E-state index in [1.165, 1.54) is 42.5 Å². The van der Waals surface area contributed by atoms with Crippen molar-refractivity contribution >= 4 is 27.8 Å². The number of nitrogens with zero attached hydrogens (tertiary/aromatic N) is 2. The number of hydrogen-bond acceptors (Lipinski definition) is 6. The van der Waals surface area contributed by atoms with Crippen LogP contribution >= 0.6 is 0 Å². The van der Waals surface area contributed by atoms with Gasteiger partial charge in [0.15, 0.2) is 0 Å². The van der Waals surface area contributed by atoms with Gasteiger partial charge in [0.05, 0.1) is 16.3 Å². The number of aldehydes is 1. The zero-order valence-corrected chi connectivity index (χ0v) is 14.3. The smallest absolute Gasteiger partial charge is 0.872 e. The zero-order chi connectivity index (χ0) is 15.5. The fourth-order valence-corrected chi connectivity index (χ4v) is 1.97. The number of rotatable bonds is 4. The van der Waals surface area contributed by atoms with Crippen LogP contribution in [-0.4, -0.2) is 19.3 Å². The second-order valence-corrected chi connectivity index (χ2v) is 5.43. The molecule has 0 aliphatic carbocycles. The largest absolute Gasteiger partial charge is 1.00 e. The normalized spacial score (nSPS) is 11.1. The molecule has 2 rings (SSSR count). The molecule has 0 aromatic heterocycles. The molecule has 0 fully saturated rings. The van der Waals surface area contributed by atoms with Crippen molar-refractivity contribution < 1.29 is 52.4 Å². The monoisotopic (exact) mass is 328 g/mol. The maximum absolute atomic E-state index is 11.2. The third-order valence-corrected chi connectivity index (χ3v) is 3.40. The Morgan fingerprint density at radius 2 is 1.55 bits per heavy atom. The van der Waals surface area contributed by atoms with E-state index in [4.69, 9.17) is 4.55 Å². The van der Waals surface area contributed by atoms with E-state index >= 15 is 0 Å². The number of carbonyl (C=O) groups is 1. The van der Waals surface area contributed by atoms with Crippen LogP contribution in [0.2, 0.25) is 0 Å². The van der Waals surface area contributed by atoms with Crippen molar-refractivity contribution in [2.45, 2.75) is 4.90 Å². The number of benzene rings is 2. The van der Waals surface area contributed by atoms with Gasteiger partial charge in [-0.3, -0.25) is 9.35 Å². The fraction of sp³-hybridized carbons (Fsp3) is 0. The quantitative estimate of drug-likeness (QED) is 0.342. The Kier molecular flexibility index (Phi) is 6.39. The van der Waals surface area contributed by atoms with E-state index in [0.717, 1.165) is 0 Å². The molecule has 0 bridgehead atoms. The van der Waals surface area contributed by atoms with E-state index in [1.54, 1.807) is 0 Å². The summed E-state index contributed by atoms with van der Waals surface area (Å²) in [6, 6.07) is 8.99. The first-order chi connectivity index (χ1) is 9.90. The summed E-state index contributed by atoms with van der Waals surface area (Å²) in [6.07, 6.45) is 0.433. The molecule has 0 amide bonds. The SMILES string of the molecule is O=Cc1cc(N=Nc2ccc(S(=O)(=O)O)cc2)ccc1[O-].[Na+]. The van der Waals surface area contributed by atoms with Gasteiger partial charge in [-0.05, 0) is 36.4 Å². The Labute approximate surface area is 148 Å². The Balaban J connectivity index is 0.00000242. The number of hydrogen-bond donors (Lipinski definition) is 1. The van der Waals surface area contributed by atoms with Crippen LogP contribution in [-0.2, 0) is 10.1 Å². The van der Waals surface area contributed by atoms with Crippen LogP contribution < -0.4 is 34.7 Å². The van der Waals surface area contributed by atoms with Crippen molar-refractivity contribution in [3.63, 3.8) is 0 Å². The number of carbonyl (C=O) groups excluding carboxylic acids is 1. The van der Waals surface area contributed by atoms with Crippen LogP contribution in [0.3, 0.4) is 0 Å². The molecule has 7 nitrogen and oxygen atoms in total. The molecule has 2 aromatic rings. The molecule has 22 heavy (non-hydrogen) atoms. The first-order valence-corrected chi connectivity index (χ1v) is 7.10. The van der Waals surface area contributed by atoms with E-state index in [1.807, 2.05) is 0 Å². The summed E-state index contributed by atoms with van der Waals surface area (Å²) in [6.45, 7) is 0. The van der Waals surface area contributed by atoms with Gasteiger partial charge in [0.1, 0.15) is 6.29 Å². The molecule has 1 N–H and O–H groups in total. The summed E-state index contributed by atoms with van der Waals surface area (Å²) in [5.74, 6) is -0.401. The average molecular weight is 328 g/mol. The van der Waals surface area contributed by atoms with Gasteiger partial charge in [0.2, 0.25) is 0 Å². The molecule has 108 valence electrons. The first-order valence-electron chi connectivity index (χ1n) is 5.66. The molecule has 0 atom stereocenters. The maximum atomic E-state index is 11.2. The molecule has 0 radical (unpaired) electrons. The van der Waals surface area contributed by atoms with Crippen molar-refractivity contribution in [2.24, 2.45) is 10.2 Å². The minimum absolute atomic E-state index is 0. The Bertz CT molecular complexity index is 804. The van der Waals surface area contributed by atoms with Crippen LogP contribution in [0, 0.1) is 0 Å². The van der Waals surface area contributed by atoms with Crippen molar-refractivity contribution in [1.29, 1.82) is 0 Å². The molecule has 0 spiro atoms. The van der Waals surface area contributed by atoms with Crippen molar-refractivity contribution in [2.75, 3.05) is 0 Å². The van der Waals surface area contributed by atoms with E-state index in [9.17, 15) is 18.3 Å². The minimum Gasteiger partial charge on any atom is -0.872 e. The summed E-state index contributed by atoms with van der Waals surface area (Å²) >= 11 is 0. The predicted molar refractivity (Wildman–Crippen MR) is 71.7 cm³/mol. The van der Waals surface area contributed by atoms with E-state index in [2.05, 4.69) is 10.2 Å². The second-order valence-electron chi connectivity index (χ2n) is 4.01. The van der Waals surface area contributed by atoms with Gasteiger partial charge >= 0.3 is 29.6 Å². The molecular weight excluding hydrogens is 319 g/mol. The predicted octanol–water partition coefficient (Wildman–Crippen LogP) is -0.761. The Hall–Kier alpha value is -1.58. The Morgan fingerprint density at radius 3 is 2.09 bits per heavy atom. The first kappa shape index (κ1) is 18.5. The van der Waals surface area contributed by atoms with Gasteiger partial charge in [0, 0.05) is 5.56 Å². The third-order valence-electron chi connectivity index (χ3n) is 2.54. The van der Waals surface area contributed by atoms with Crippen molar-refractivity contribution in [3.8, 4) is 5.75 Å². The van der Waals surface area contributed by atoms with E-state index < -0.39 is 15.9 Å². The summed E-state index contributed by atoms with van der Waals surface area (Å²) in [5.41, 5.74) is 0.644. The summed E-state index contributed by atoms with van der Waals surface area (Å²) in [4.78, 5) is 10.4. The van der Waals surface area contributed by atoms with Gasteiger partial charge in [-0.25, -0.2) is 0 Å². The number of azo groups is 1. The molecule has 0 saturated heterocycles. The Morgan fingerprint density at radius 1 is 1.00 bits per heavy atom. The molecule has 9 heteroatoms. The molecule has 0 heterocycles. The topological polar surface area (TPSA) is 119 Å². The van der Waals surface area contributed by atoms with Gasteiger partial charge < -0.3 is 5.11 Å². The van der Waals surface area contributed by atoms with Gasteiger partial charge in [-0.2, -0.15) is 18.6 Å². The third kappa shape index (κ3) is 4.72. The fourth-order valence-electron chi connectivity index (χ4n) is 1.49. The zero-order valence-electron chi connectivity index (χ0n) is 11.5. The van der Waals surface area contributed by atoms with Gasteiger partial charge in [-0.15, -0.1) is 0 Å². The summed E-state index contributed by atoms with van der Waals surface area (Å²) in [5, 5.41) is 18.9. The molecular formula is C13H9N2NaO5S. The minimum atomic E-state index is -4.25. The molecule has 0 aliphatic rings. The standard InChI is InChI=1S/C13H10N2O5S.Na/c16-8-9-7-11(3-6-13(9)17)15-14-10-1-4-12(5-2-10)21(18,19)20;/h1-8,17H,(H,18,19,20);/q;+1/p-1. The summed E-state index contributed by atoms with van der Waals surface area (Å²) in [7, 11) is -4.25. The van der Waals surface area contributed by atoms with Crippen molar-refractivity contribution in [3.05, 3.63) is 48.0 Å². The van der Waals surface area contributed by atoms with Crippen LogP contribution in [0.25, 0.3) is 0 Å². The average Bonchev–Trinajstić information content (AvgIpc) is 2.46. The van der Waals surface area contributed by atoms with E-state index in [0.29, 0.717) is 17.7 Å². The maximum Gasteiger partial charge on any atom is 1.00 e. The van der Waals surface area contributed by atoms with Crippen LogP contribution in [0.4, 0.5) is 11.4 Å². The molecule has 0 saturated carbocycles. The molecule has 2 aromatic carbocycles. The van der Waals surface area contributed by atoms with Crippen LogP contribution in [0.1, 0.15) is 10.4 Å². The second kappa shape index (κ2) is 7.61. The van der Waals surface area contributed by atoms with Crippen LogP contribution in [0.15, 0.2) is 57.6 Å². The van der Waals surface area contributed by atoms with E-state index in [-0.39, 0.29) is 40.0 Å². The summed E-state index contributed by atoms with van der Waals surface area (Å²) < 4.78 is 30.6. The van der Waals surface area contributed by atoms with Gasteiger partial charge in [-0.1, -0.05) is 11.8 Å². The van der Waals surface area contributed by atoms with Gasteiger partial charge in [0.25, 0.3) is 10.1 Å². The van der Waals surface area contributed by atoms with Crippen LogP contribution in [0.5, 0.6) is 5.75 Å². The molecule has 0 aliphatic heterocycles. The molecule has 0 unspecified atom stereocenters.